The van der Waals surface area contributed by atoms with Gasteiger partial charge in [-0.1, -0.05) is 85.8 Å². The van der Waals surface area contributed by atoms with Crippen LogP contribution in [-0.4, -0.2) is 26.8 Å². The van der Waals surface area contributed by atoms with Gasteiger partial charge in [-0.25, -0.2) is 4.98 Å². The van der Waals surface area contributed by atoms with Crippen molar-refractivity contribution >= 4 is 17.7 Å². The van der Waals surface area contributed by atoms with Gasteiger partial charge < -0.3 is 5.32 Å². The fourth-order valence-electron chi connectivity index (χ4n) is 2.79. The van der Waals surface area contributed by atoms with Crippen LogP contribution in [0.5, 0.6) is 0 Å². The first kappa shape index (κ1) is 19.2. The Morgan fingerprint density at radius 2 is 1.81 bits per heavy atom. The Morgan fingerprint density at radius 1 is 1.11 bits per heavy atom. The molecule has 1 heterocycles. The van der Waals surface area contributed by atoms with E-state index in [0.29, 0.717) is 16.9 Å². The topological polar surface area (TPSA) is 70.7 Å². The number of rotatable bonds is 7. The highest BCUT2D eigenvalue weighted by Crippen LogP contribution is 2.23. The van der Waals surface area contributed by atoms with Crippen molar-refractivity contribution in [2.24, 2.45) is 5.92 Å². The van der Waals surface area contributed by atoms with Gasteiger partial charge in [0.15, 0.2) is 5.82 Å². The van der Waals surface area contributed by atoms with Crippen LogP contribution >= 0.6 is 11.8 Å². The minimum absolute atomic E-state index is 0.00503. The molecule has 0 aliphatic heterocycles. The number of aryl methyl sites for hydroxylation is 1. The Labute approximate surface area is 164 Å². The highest BCUT2D eigenvalue weighted by Gasteiger charge is 2.18. The third kappa shape index (κ3) is 5.20. The molecule has 0 saturated carbocycles. The summed E-state index contributed by atoms with van der Waals surface area (Å²) >= 11 is 1.33. The van der Waals surface area contributed by atoms with Crippen molar-refractivity contribution < 1.29 is 4.79 Å². The zero-order valence-corrected chi connectivity index (χ0v) is 16.6. The summed E-state index contributed by atoms with van der Waals surface area (Å²) in [5.41, 5.74) is 3.29. The molecule has 0 radical (unpaired) electrons. The number of carbonyl (C=O) groups is 1. The SMILES string of the molecule is Cc1ccc(-c2nc(SCC(=O)NC(c3ccccc3)C(C)C)n[nH]2)cc1. The third-order valence-corrected chi connectivity index (χ3v) is 5.11. The maximum Gasteiger partial charge on any atom is 0.230 e. The van der Waals surface area contributed by atoms with Crippen molar-refractivity contribution in [2.45, 2.75) is 32.0 Å². The lowest BCUT2D eigenvalue weighted by molar-refractivity contribution is -0.119. The van der Waals surface area contributed by atoms with Crippen molar-refractivity contribution in [1.29, 1.82) is 0 Å². The highest BCUT2D eigenvalue weighted by atomic mass is 32.2. The number of nitrogens with one attached hydrogen (secondary N) is 2. The van der Waals surface area contributed by atoms with Gasteiger partial charge in [-0.2, -0.15) is 0 Å². The maximum absolute atomic E-state index is 12.4. The standard InChI is InChI=1S/C21H24N4OS/c1-14(2)19(16-7-5-4-6-8-16)22-18(26)13-27-21-23-20(24-25-21)17-11-9-15(3)10-12-17/h4-12,14,19H,13H2,1-3H3,(H,22,26)(H,23,24,25). The number of aromatic amines is 1. The summed E-state index contributed by atoms with van der Waals surface area (Å²) in [6.45, 7) is 6.26. The van der Waals surface area contributed by atoms with Crippen molar-refractivity contribution in [3.05, 3.63) is 65.7 Å². The molecule has 0 fully saturated rings. The molecule has 27 heavy (non-hydrogen) atoms. The Balaban J connectivity index is 1.58. The smallest absolute Gasteiger partial charge is 0.230 e. The molecule has 1 unspecified atom stereocenters. The van der Waals surface area contributed by atoms with E-state index in [1.54, 1.807) is 0 Å². The van der Waals surface area contributed by atoms with Gasteiger partial charge in [0.1, 0.15) is 0 Å². The number of amides is 1. The Morgan fingerprint density at radius 3 is 2.48 bits per heavy atom. The molecule has 6 heteroatoms. The molecule has 0 spiro atoms. The zero-order chi connectivity index (χ0) is 19.2. The molecule has 0 aliphatic rings. The summed E-state index contributed by atoms with van der Waals surface area (Å²) in [5.74, 6) is 1.27. The molecule has 2 aromatic carbocycles. The van der Waals surface area contributed by atoms with E-state index in [9.17, 15) is 4.79 Å². The summed E-state index contributed by atoms with van der Waals surface area (Å²) in [7, 11) is 0. The van der Waals surface area contributed by atoms with Gasteiger partial charge in [0.05, 0.1) is 11.8 Å². The van der Waals surface area contributed by atoms with Crippen molar-refractivity contribution in [2.75, 3.05) is 5.75 Å². The van der Waals surface area contributed by atoms with Crippen LogP contribution in [0.2, 0.25) is 0 Å². The minimum atomic E-state index is -0.0239. The predicted molar refractivity (Wildman–Crippen MR) is 109 cm³/mol. The van der Waals surface area contributed by atoms with Crippen molar-refractivity contribution in [3.8, 4) is 11.4 Å². The number of nitrogens with zero attached hydrogens (tertiary/aromatic N) is 2. The van der Waals surface area contributed by atoms with Crippen LogP contribution in [0, 0.1) is 12.8 Å². The van der Waals surface area contributed by atoms with E-state index in [1.165, 1.54) is 17.3 Å². The summed E-state index contributed by atoms with van der Waals surface area (Å²) in [6, 6.07) is 18.1. The minimum Gasteiger partial charge on any atom is -0.348 e. The molecule has 0 aliphatic carbocycles. The lowest BCUT2D eigenvalue weighted by atomic mass is 9.96. The van der Waals surface area contributed by atoms with Crippen LogP contribution in [0.3, 0.4) is 0 Å². The van der Waals surface area contributed by atoms with Crippen molar-refractivity contribution in [3.63, 3.8) is 0 Å². The van der Waals surface area contributed by atoms with E-state index >= 15 is 0 Å². The van der Waals surface area contributed by atoms with Crippen LogP contribution in [0.25, 0.3) is 11.4 Å². The van der Waals surface area contributed by atoms with Gasteiger partial charge >= 0.3 is 0 Å². The second-order valence-corrected chi connectivity index (χ2v) is 7.76. The molecule has 1 aromatic heterocycles. The maximum atomic E-state index is 12.4. The third-order valence-electron chi connectivity index (χ3n) is 4.26. The monoisotopic (exact) mass is 380 g/mol. The van der Waals surface area contributed by atoms with Crippen LogP contribution in [0.15, 0.2) is 59.8 Å². The average molecular weight is 381 g/mol. The van der Waals surface area contributed by atoms with E-state index in [4.69, 9.17) is 0 Å². The molecule has 2 N–H and O–H groups in total. The Hall–Kier alpha value is -2.60. The van der Waals surface area contributed by atoms with E-state index < -0.39 is 0 Å². The summed E-state index contributed by atoms with van der Waals surface area (Å²) in [4.78, 5) is 16.9. The number of aromatic nitrogens is 3. The molecule has 3 aromatic rings. The lowest BCUT2D eigenvalue weighted by Crippen LogP contribution is -2.32. The van der Waals surface area contributed by atoms with Crippen LogP contribution in [-0.2, 0) is 4.79 Å². The molecule has 0 saturated heterocycles. The van der Waals surface area contributed by atoms with E-state index in [0.717, 1.165) is 11.1 Å². The summed E-state index contributed by atoms with van der Waals surface area (Å²) < 4.78 is 0. The summed E-state index contributed by atoms with van der Waals surface area (Å²) in [5, 5.41) is 10.8. The second-order valence-electron chi connectivity index (χ2n) is 6.82. The summed E-state index contributed by atoms with van der Waals surface area (Å²) in [6.07, 6.45) is 0. The number of thioether (sulfide) groups is 1. The van der Waals surface area contributed by atoms with Gasteiger partial charge in [-0.15, -0.1) is 5.10 Å². The van der Waals surface area contributed by atoms with Gasteiger partial charge in [-0.3, -0.25) is 9.89 Å². The molecule has 5 nitrogen and oxygen atoms in total. The largest absolute Gasteiger partial charge is 0.348 e. The van der Waals surface area contributed by atoms with E-state index in [-0.39, 0.29) is 17.7 Å². The normalized spacial score (nSPS) is 12.1. The molecular formula is C21H24N4OS. The molecular weight excluding hydrogens is 356 g/mol. The number of hydrogen-bond donors (Lipinski definition) is 2. The van der Waals surface area contributed by atoms with Crippen LogP contribution < -0.4 is 5.32 Å². The number of benzene rings is 2. The fraction of sp³-hybridized carbons (Fsp3) is 0.286. The number of H-pyrrole nitrogens is 1. The molecule has 0 bridgehead atoms. The fourth-order valence-corrected chi connectivity index (χ4v) is 3.40. The number of carbonyl (C=O) groups excluding carboxylic acids is 1. The van der Waals surface area contributed by atoms with Crippen LogP contribution in [0.4, 0.5) is 0 Å². The Bertz CT molecular complexity index is 875. The molecule has 1 atom stereocenters. The van der Waals surface area contributed by atoms with Gasteiger partial charge in [0, 0.05) is 5.56 Å². The molecule has 140 valence electrons. The second kappa shape index (κ2) is 8.86. The van der Waals surface area contributed by atoms with Crippen molar-refractivity contribution in [1.82, 2.24) is 20.5 Å². The Kier molecular flexibility index (Phi) is 6.29. The average Bonchev–Trinajstić information content (AvgIpc) is 3.14. The van der Waals surface area contributed by atoms with Gasteiger partial charge in [0.25, 0.3) is 0 Å². The first-order valence-electron chi connectivity index (χ1n) is 8.99. The van der Waals surface area contributed by atoms with E-state index in [1.807, 2.05) is 61.5 Å². The first-order chi connectivity index (χ1) is 13.0. The van der Waals surface area contributed by atoms with Gasteiger partial charge in [-0.05, 0) is 18.4 Å². The predicted octanol–water partition coefficient (Wildman–Crippen LogP) is 4.39. The zero-order valence-electron chi connectivity index (χ0n) is 15.8. The number of hydrogen-bond acceptors (Lipinski definition) is 4. The van der Waals surface area contributed by atoms with E-state index in [2.05, 4.69) is 34.3 Å². The quantitative estimate of drug-likeness (QED) is 0.597. The van der Waals surface area contributed by atoms with Gasteiger partial charge in [0.2, 0.25) is 11.1 Å². The van der Waals surface area contributed by atoms with Crippen LogP contribution in [0.1, 0.15) is 31.0 Å². The first-order valence-corrected chi connectivity index (χ1v) is 9.98. The lowest BCUT2D eigenvalue weighted by Gasteiger charge is -2.22. The highest BCUT2D eigenvalue weighted by molar-refractivity contribution is 7.99. The molecule has 1 amide bonds. The molecule has 3 rings (SSSR count).